The Hall–Kier alpha value is -1.39. The minimum Gasteiger partial charge on any atom is -0.497 e. The summed E-state index contributed by atoms with van der Waals surface area (Å²) in [5.41, 5.74) is 0. The maximum absolute atomic E-state index is 12.3. The van der Waals surface area contributed by atoms with Crippen molar-refractivity contribution in [1.29, 1.82) is 0 Å². The molecule has 1 aromatic carbocycles. The number of benzene rings is 1. The van der Waals surface area contributed by atoms with Crippen LogP contribution in [0.15, 0.2) is 23.1 Å². The Morgan fingerprint density at radius 2 is 1.96 bits per heavy atom. The Kier molecular flexibility index (Phi) is 6.60. The van der Waals surface area contributed by atoms with E-state index in [1.165, 1.54) is 26.4 Å². The van der Waals surface area contributed by atoms with Gasteiger partial charge < -0.3 is 14.2 Å². The molecular formula is C14H22N2O6S. The molecule has 23 heavy (non-hydrogen) atoms. The molecule has 0 aliphatic carbocycles. The second-order valence-corrected chi connectivity index (χ2v) is 6.52. The van der Waals surface area contributed by atoms with E-state index >= 15 is 0 Å². The number of nitrogens with zero attached hydrogens (tertiary/aromatic N) is 1. The lowest BCUT2D eigenvalue weighted by molar-refractivity contribution is 0.0125. The minimum atomic E-state index is -3.86. The summed E-state index contributed by atoms with van der Waals surface area (Å²) in [6.45, 7) is 3.88. The third kappa shape index (κ3) is 5.05. The fourth-order valence-corrected chi connectivity index (χ4v) is 3.17. The molecule has 0 radical (unpaired) electrons. The Morgan fingerprint density at radius 1 is 1.22 bits per heavy atom. The second-order valence-electron chi connectivity index (χ2n) is 4.91. The highest BCUT2D eigenvalue weighted by atomic mass is 32.2. The van der Waals surface area contributed by atoms with Gasteiger partial charge in [-0.25, -0.2) is 8.42 Å². The Morgan fingerprint density at radius 3 is 2.61 bits per heavy atom. The van der Waals surface area contributed by atoms with Crippen molar-refractivity contribution in [3.05, 3.63) is 18.2 Å². The van der Waals surface area contributed by atoms with Crippen LogP contribution in [0.4, 0.5) is 0 Å². The van der Waals surface area contributed by atoms with E-state index in [4.69, 9.17) is 19.0 Å². The zero-order valence-electron chi connectivity index (χ0n) is 13.3. The van der Waals surface area contributed by atoms with Crippen molar-refractivity contribution < 1.29 is 27.5 Å². The molecule has 1 heterocycles. The molecule has 0 spiro atoms. The molecular weight excluding hydrogens is 324 g/mol. The second kappa shape index (κ2) is 8.46. The standard InChI is InChI=1S/C14H22N2O6S/c1-19-12-3-4-13(20-2)14(11-12)23(17,18)15-22-10-7-16-5-8-21-9-6-16/h3-4,11,15H,5-10H2,1-2H3. The van der Waals surface area contributed by atoms with Crippen molar-refractivity contribution in [2.24, 2.45) is 0 Å². The van der Waals surface area contributed by atoms with Crippen LogP contribution in [0, 0.1) is 0 Å². The maximum atomic E-state index is 12.3. The van der Waals surface area contributed by atoms with Gasteiger partial charge in [-0.1, -0.05) is 4.89 Å². The summed E-state index contributed by atoms with van der Waals surface area (Å²) in [5.74, 6) is 0.634. The van der Waals surface area contributed by atoms with Crippen LogP contribution in [-0.4, -0.2) is 67.0 Å². The first-order chi connectivity index (χ1) is 11.1. The summed E-state index contributed by atoms with van der Waals surface area (Å²) in [4.78, 5) is 9.34. The topological polar surface area (TPSA) is 86.3 Å². The van der Waals surface area contributed by atoms with Crippen molar-refractivity contribution in [2.75, 3.05) is 53.7 Å². The van der Waals surface area contributed by atoms with E-state index < -0.39 is 10.0 Å². The number of rotatable bonds is 8. The van der Waals surface area contributed by atoms with Crippen molar-refractivity contribution >= 4 is 10.0 Å². The highest BCUT2D eigenvalue weighted by Crippen LogP contribution is 2.27. The van der Waals surface area contributed by atoms with Gasteiger partial charge in [0, 0.05) is 25.7 Å². The largest absolute Gasteiger partial charge is 0.497 e. The van der Waals surface area contributed by atoms with Gasteiger partial charge in [-0.15, -0.1) is 0 Å². The van der Waals surface area contributed by atoms with Gasteiger partial charge in [0.15, 0.2) is 0 Å². The number of nitrogens with one attached hydrogen (secondary N) is 1. The van der Waals surface area contributed by atoms with Crippen LogP contribution in [0.1, 0.15) is 0 Å². The van der Waals surface area contributed by atoms with Gasteiger partial charge in [0.2, 0.25) is 0 Å². The third-order valence-corrected chi connectivity index (χ3v) is 4.68. The summed E-state index contributed by atoms with van der Waals surface area (Å²) in [6, 6.07) is 4.53. The molecule has 0 atom stereocenters. The molecule has 9 heteroatoms. The van der Waals surface area contributed by atoms with Crippen molar-refractivity contribution in [2.45, 2.75) is 4.90 Å². The first-order valence-corrected chi connectivity index (χ1v) is 8.71. The van der Waals surface area contributed by atoms with Crippen LogP contribution in [0.25, 0.3) is 0 Å². The van der Waals surface area contributed by atoms with E-state index in [1.54, 1.807) is 6.07 Å². The lowest BCUT2D eigenvalue weighted by Crippen LogP contribution is -2.39. The molecule has 0 saturated carbocycles. The molecule has 0 amide bonds. The van der Waals surface area contributed by atoms with E-state index in [0.29, 0.717) is 25.5 Å². The third-order valence-electron chi connectivity index (χ3n) is 3.44. The molecule has 0 bridgehead atoms. The molecule has 0 aromatic heterocycles. The number of ether oxygens (including phenoxy) is 3. The van der Waals surface area contributed by atoms with E-state index in [9.17, 15) is 8.42 Å². The summed E-state index contributed by atoms with van der Waals surface area (Å²) in [5, 5.41) is 0. The predicted molar refractivity (Wildman–Crippen MR) is 83.1 cm³/mol. The normalized spacial score (nSPS) is 16.3. The number of morpholine rings is 1. The van der Waals surface area contributed by atoms with E-state index in [0.717, 1.165) is 13.1 Å². The SMILES string of the molecule is COc1ccc(OC)c(S(=O)(=O)NOCCN2CCOCC2)c1. The lowest BCUT2D eigenvalue weighted by Gasteiger charge is -2.26. The van der Waals surface area contributed by atoms with Gasteiger partial charge >= 0.3 is 0 Å². The molecule has 1 saturated heterocycles. The van der Waals surface area contributed by atoms with Gasteiger partial charge in [0.25, 0.3) is 10.0 Å². The van der Waals surface area contributed by atoms with Crippen LogP contribution in [0.3, 0.4) is 0 Å². The Balaban J connectivity index is 1.93. The van der Waals surface area contributed by atoms with E-state index in [2.05, 4.69) is 9.79 Å². The fourth-order valence-electron chi connectivity index (χ4n) is 2.16. The van der Waals surface area contributed by atoms with Crippen molar-refractivity contribution in [3.63, 3.8) is 0 Å². The van der Waals surface area contributed by atoms with Crippen LogP contribution in [-0.2, 0) is 19.6 Å². The number of methoxy groups -OCH3 is 2. The monoisotopic (exact) mass is 346 g/mol. The van der Waals surface area contributed by atoms with Crippen LogP contribution in [0.2, 0.25) is 0 Å². The molecule has 1 aliphatic heterocycles. The number of hydrogen-bond acceptors (Lipinski definition) is 7. The number of hydrogen-bond donors (Lipinski definition) is 1. The molecule has 1 aliphatic rings. The molecule has 1 aromatic rings. The van der Waals surface area contributed by atoms with Crippen LogP contribution in [0.5, 0.6) is 11.5 Å². The zero-order chi connectivity index (χ0) is 16.7. The highest BCUT2D eigenvalue weighted by Gasteiger charge is 2.21. The average Bonchev–Trinajstić information content (AvgIpc) is 2.59. The van der Waals surface area contributed by atoms with E-state index in [1.807, 2.05) is 0 Å². The Labute approximate surface area is 136 Å². The van der Waals surface area contributed by atoms with Crippen molar-refractivity contribution in [3.8, 4) is 11.5 Å². The molecule has 130 valence electrons. The van der Waals surface area contributed by atoms with Gasteiger partial charge in [-0.2, -0.15) is 0 Å². The highest BCUT2D eigenvalue weighted by molar-refractivity contribution is 7.89. The first kappa shape index (κ1) is 18.0. The number of sulfonamides is 1. The van der Waals surface area contributed by atoms with Gasteiger partial charge in [0.1, 0.15) is 16.4 Å². The average molecular weight is 346 g/mol. The maximum Gasteiger partial charge on any atom is 0.266 e. The summed E-state index contributed by atoms with van der Waals surface area (Å²) < 4.78 is 40.0. The quantitative estimate of drug-likeness (QED) is 0.533. The molecule has 8 nitrogen and oxygen atoms in total. The fraction of sp³-hybridized carbons (Fsp3) is 0.571. The predicted octanol–water partition coefficient (Wildman–Crippen LogP) is 0.246. The van der Waals surface area contributed by atoms with Crippen molar-refractivity contribution in [1.82, 2.24) is 9.79 Å². The molecule has 1 fully saturated rings. The minimum absolute atomic E-state index is 0.0364. The van der Waals surface area contributed by atoms with Crippen LogP contribution >= 0.6 is 0 Å². The molecule has 0 unspecified atom stereocenters. The summed E-state index contributed by atoms with van der Waals surface area (Å²) >= 11 is 0. The Bertz CT molecular complexity index is 601. The smallest absolute Gasteiger partial charge is 0.266 e. The summed E-state index contributed by atoms with van der Waals surface area (Å²) in [6.07, 6.45) is 0. The van der Waals surface area contributed by atoms with E-state index in [-0.39, 0.29) is 17.3 Å². The van der Waals surface area contributed by atoms with Gasteiger partial charge in [0.05, 0.1) is 34.0 Å². The first-order valence-electron chi connectivity index (χ1n) is 7.22. The van der Waals surface area contributed by atoms with Gasteiger partial charge in [-0.3, -0.25) is 9.74 Å². The van der Waals surface area contributed by atoms with Crippen LogP contribution < -0.4 is 14.4 Å². The summed E-state index contributed by atoms with van der Waals surface area (Å²) in [7, 11) is -0.993. The lowest BCUT2D eigenvalue weighted by atomic mass is 10.3. The zero-order valence-corrected chi connectivity index (χ0v) is 14.1. The molecule has 1 N–H and O–H groups in total. The van der Waals surface area contributed by atoms with Gasteiger partial charge in [-0.05, 0) is 12.1 Å². The molecule has 2 rings (SSSR count).